The van der Waals surface area contributed by atoms with Crippen LogP contribution in [0.3, 0.4) is 0 Å². The molecule has 1 aliphatic rings. The fourth-order valence-electron chi connectivity index (χ4n) is 3.17. The second-order valence-corrected chi connectivity index (χ2v) is 6.72. The van der Waals surface area contributed by atoms with E-state index in [1.165, 1.54) is 30.2 Å². The second-order valence-electron chi connectivity index (χ2n) is 6.72. The van der Waals surface area contributed by atoms with Gasteiger partial charge in [0.2, 0.25) is 5.91 Å². The Morgan fingerprint density at radius 2 is 2.03 bits per heavy atom. The Bertz CT molecular complexity index is 1000. The van der Waals surface area contributed by atoms with Gasteiger partial charge >= 0.3 is 5.97 Å². The lowest BCUT2D eigenvalue weighted by Crippen LogP contribution is -2.41. The fraction of sp³-hybridized carbons (Fsp3) is 0.227. The van der Waals surface area contributed by atoms with Crippen molar-refractivity contribution < 1.29 is 28.2 Å². The molecule has 0 aliphatic carbocycles. The number of methoxy groups -OCH3 is 1. The highest BCUT2D eigenvalue weighted by Gasteiger charge is 2.29. The molecule has 0 spiro atoms. The van der Waals surface area contributed by atoms with Crippen LogP contribution in [0, 0.1) is 5.82 Å². The molecule has 1 heterocycles. The van der Waals surface area contributed by atoms with Gasteiger partial charge in [-0.05, 0) is 42.8 Å². The molecule has 156 valence electrons. The lowest BCUT2D eigenvalue weighted by Gasteiger charge is -2.27. The Morgan fingerprint density at radius 1 is 1.27 bits per heavy atom. The van der Waals surface area contributed by atoms with Gasteiger partial charge < -0.3 is 19.7 Å². The highest BCUT2D eigenvalue weighted by Crippen LogP contribution is 2.31. The Balaban J connectivity index is 1.65. The van der Waals surface area contributed by atoms with Crippen LogP contribution in [0.1, 0.15) is 18.9 Å². The van der Waals surface area contributed by atoms with E-state index in [-0.39, 0.29) is 18.1 Å². The molecule has 2 aromatic carbocycles. The van der Waals surface area contributed by atoms with E-state index in [0.717, 1.165) is 6.08 Å². The third kappa shape index (κ3) is 4.83. The predicted octanol–water partition coefficient (Wildman–Crippen LogP) is 3.15. The zero-order valence-electron chi connectivity index (χ0n) is 16.6. The van der Waals surface area contributed by atoms with Crippen molar-refractivity contribution in [3.05, 3.63) is 59.9 Å². The van der Waals surface area contributed by atoms with Crippen LogP contribution in [0.15, 0.2) is 48.5 Å². The molecule has 0 unspecified atom stereocenters. The van der Waals surface area contributed by atoms with Gasteiger partial charge in [0.15, 0.2) is 18.2 Å². The number of nitrogens with one attached hydrogen (secondary N) is 1. The summed E-state index contributed by atoms with van der Waals surface area (Å²) in [4.78, 5) is 38.2. The van der Waals surface area contributed by atoms with Crippen molar-refractivity contribution in [1.29, 1.82) is 0 Å². The van der Waals surface area contributed by atoms with Crippen molar-refractivity contribution in [2.24, 2.45) is 0 Å². The molecule has 1 N–H and O–H groups in total. The van der Waals surface area contributed by atoms with Crippen LogP contribution < -0.4 is 15.0 Å². The van der Waals surface area contributed by atoms with Crippen LogP contribution in [-0.4, -0.2) is 37.5 Å². The van der Waals surface area contributed by atoms with Gasteiger partial charge in [-0.1, -0.05) is 18.2 Å². The third-order valence-corrected chi connectivity index (χ3v) is 4.55. The average Bonchev–Trinajstić information content (AvgIpc) is 2.84. The number of fused-ring (bicyclic) bond motifs is 1. The van der Waals surface area contributed by atoms with E-state index in [9.17, 15) is 18.8 Å². The molecule has 0 bridgehead atoms. The minimum atomic E-state index is -0.746. The van der Waals surface area contributed by atoms with Crippen molar-refractivity contribution in [2.75, 3.05) is 23.9 Å². The topological polar surface area (TPSA) is 84.9 Å². The molecule has 8 heteroatoms. The summed E-state index contributed by atoms with van der Waals surface area (Å²) >= 11 is 0. The number of para-hydroxylation sites is 2. The van der Waals surface area contributed by atoms with Gasteiger partial charge in [-0.3, -0.25) is 9.59 Å². The molecule has 0 saturated carbocycles. The Hall–Kier alpha value is -3.68. The Labute approximate surface area is 173 Å². The largest absolute Gasteiger partial charge is 0.494 e. The Kier molecular flexibility index (Phi) is 6.46. The van der Waals surface area contributed by atoms with Crippen LogP contribution >= 0.6 is 0 Å². The van der Waals surface area contributed by atoms with Crippen LogP contribution in [0.2, 0.25) is 0 Å². The van der Waals surface area contributed by atoms with Crippen LogP contribution in [0.4, 0.5) is 15.8 Å². The number of benzene rings is 2. The number of ether oxygens (including phenoxy) is 2. The second kappa shape index (κ2) is 9.21. The number of halogens is 1. The van der Waals surface area contributed by atoms with Crippen LogP contribution in [-0.2, 0) is 19.1 Å². The van der Waals surface area contributed by atoms with Crippen molar-refractivity contribution in [3.8, 4) is 5.75 Å². The molecule has 30 heavy (non-hydrogen) atoms. The molecule has 7 nitrogen and oxygen atoms in total. The van der Waals surface area contributed by atoms with Gasteiger partial charge in [0.1, 0.15) is 0 Å². The van der Waals surface area contributed by atoms with Crippen molar-refractivity contribution in [3.63, 3.8) is 0 Å². The summed E-state index contributed by atoms with van der Waals surface area (Å²) in [5.41, 5.74) is 1.50. The number of amides is 2. The number of carbonyl (C=O) groups is 3. The zero-order chi connectivity index (χ0) is 21.7. The SMILES string of the molecule is COc1ccc(/C=C/C(=O)OCC(=O)N2c3ccccc3NC(=O)C[C@@H]2C)cc1F. The van der Waals surface area contributed by atoms with Gasteiger partial charge in [0, 0.05) is 18.5 Å². The number of hydrogen-bond acceptors (Lipinski definition) is 5. The van der Waals surface area contributed by atoms with Gasteiger partial charge in [-0.15, -0.1) is 0 Å². The van der Waals surface area contributed by atoms with E-state index in [0.29, 0.717) is 16.9 Å². The molecule has 3 rings (SSSR count). The van der Waals surface area contributed by atoms with Gasteiger partial charge in [-0.2, -0.15) is 0 Å². The molecular formula is C22H21FN2O5. The third-order valence-electron chi connectivity index (χ3n) is 4.55. The van der Waals surface area contributed by atoms with Crippen LogP contribution in [0.25, 0.3) is 6.08 Å². The maximum absolute atomic E-state index is 13.7. The van der Waals surface area contributed by atoms with Crippen molar-refractivity contribution in [1.82, 2.24) is 0 Å². The molecule has 2 aromatic rings. The quantitative estimate of drug-likeness (QED) is 0.602. The number of carbonyl (C=O) groups excluding carboxylic acids is 3. The van der Waals surface area contributed by atoms with Crippen molar-refractivity contribution in [2.45, 2.75) is 19.4 Å². The van der Waals surface area contributed by atoms with E-state index < -0.39 is 30.3 Å². The molecule has 1 atom stereocenters. The molecule has 0 radical (unpaired) electrons. The predicted molar refractivity (Wildman–Crippen MR) is 110 cm³/mol. The van der Waals surface area contributed by atoms with Gasteiger partial charge in [-0.25, -0.2) is 9.18 Å². The first-order valence-corrected chi connectivity index (χ1v) is 9.28. The average molecular weight is 412 g/mol. The van der Waals surface area contributed by atoms with Gasteiger partial charge in [0.05, 0.1) is 18.5 Å². The number of rotatable bonds is 5. The minimum absolute atomic E-state index is 0.0974. The summed E-state index contributed by atoms with van der Waals surface area (Å²) in [5.74, 6) is -1.86. The number of anilines is 2. The summed E-state index contributed by atoms with van der Waals surface area (Å²) < 4.78 is 23.6. The Morgan fingerprint density at radius 3 is 2.77 bits per heavy atom. The lowest BCUT2D eigenvalue weighted by molar-refractivity contribution is -0.143. The zero-order valence-corrected chi connectivity index (χ0v) is 16.6. The smallest absolute Gasteiger partial charge is 0.331 e. The number of esters is 1. The maximum Gasteiger partial charge on any atom is 0.331 e. The minimum Gasteiger partial charge on any atom is -0.494 e. The van der Waals surface area contributed by atoms with Gasteiger partial charge in [0.25, 0.3) is 5.91 Å². The first kappa shape index (κ1) is 21.0. The highest BCUT2D eigenvalue weighted by atomic mass is 19.1. The summed E-state index contributed by atoms with van der Waals surface area (Å²) in [5, 5.41) is 2.76. The summed E-state index contributed by atoms with van der Waals surface area (Å²) in [6.45, 7) is 1.26. The van der Waals surface area contributed by atoms with Crippen LogP contribution in [0.5, 0.6) is 5.75 Å². The van der Waals surface area contributed by atoms with E-state index in [1.54, 1.807) is 37.3 Å². The monoisotopic (exact) mass is 412 g/mol. The molecule has 0 saturated heterocycles. The number of hydrogen-bond donors (Lipinski definition) is 1. The van der Waals surface area contributed by atoms with E-state index in [4.69, 9.17) is 9.47 Å². The fourth-order valence-corrected chi connectivity index (χ4v) is 3.17. The highest BCUT2D eigenvalue weighted by molar-refractivity contribution is 6.05. The maximum atomic E-state index is 13.7. The molecule has 0 fully saturated rings. The van der Waals surface area contributed by atoms with E-state index in [1.807, 2.05) is 0 Å². The summed E-state index contributed by atoms with van der Waals surface area (Å²) in [6, 6.07) is 10.8. The van der Waals surface area contributed by atoms with E-state index >= 15 is 0 Å². The molecule has 0 aromatic heterocycles. The van der Waals surface area contributed by atoms with Crippen molar-refractivity contribution >= 4 is 35.2 Å². The first-order chi connectivity index (χ1) is 14.4. The lowest BCUT2D eigenvalue weighted by atomic mass is 10.1. The molecule has 2 amide bonds. The first-order valence-electron chi connectivity index (χ1n) is 9.28. The van der Waals surface area contributed by atoms with E-state index in [2.05, 4.69) is 5.32 Å². The molecular weight excluding hydrogens is 391 g/mol. The standard InChI is InChI=1S/C22H21FN2O5/c1-14-11-20(26)24-17-5-3-4-6-18(17)25(14)21(27)13-30-22(28)10-8-15-7-9-19(29-2)16(23)12-15/h3-10,12,14H,11,13H2,1-2H3,(H,24,26)/b10-8+/t14-/m0/s1. The number of nitrogens with zero attached hydrogens (tertiary/aromatic N) is 1. The normalized spacial score (nSPS) is 15.9. The molecule has 1 aliphatic heterocycles. The summed E-state index contributed by atoms with van der Waals surface area (Å²) in [6.07, 6.45) is 2.61. The summed E-state index contributed by atoms with van der Waals surface area (Å²) in [7, 11) is 1.36.